The number of aliphatic hydroxyl groups is 1. The van der Waals surface area contributed by atoms with Crippen LogP contribution in [0.3, 0.4) is 0 Å². The van der Waals surface area contributed by atoms with Gasteiger partial charge in [-0.1, -0.05) is 18.1 Å². The molecule has 4 aliphatic carbocycles. The van der Waals surface area contributed by atoms with Gasteiger partial charge < -0.3 is 14.3 Å². The number of ether oxygens (including phenoxy) is 1. The first kappa shape index (κ1) is 21.4. The zero-order valence-electron chi connectivity index (χ0n) is 19.5. The van der Waals surface area contributed by atoms with Crippen LogP contribution >= 0.6 is 0 Å². The molecule has 0 spiro atoms. The van der Waals surface area contributed by atoms with Crippen LogP contribution in [0.4, 0.5) is 0 Å². The van der Waals surface area contributed by atoms with Crippen LogP contribution in [0.5, 0.6) is 0 Å². The Morgan fingerprint density at radius 2 is 1.93 bits per heavy atom. The van der Waals surface area contributed by atoms with Crippen molar-refractivity contribution in [3.8, 4) is 0 Å². The third kappa shape index (κ3) is 4.27. The normalized spacial score (nSPS) is 40.8. The predicted molar refractivity (Wildman–Crippen MR) is 121 cm³/mol. The Balaban J connectivity index is 1.15. The third-order valence-electron chi connectivity index (χ3n) is 9.68. The lowest BCUT2D eigenvalue weighted by atomic mass is 9.71. The molecule has 6 unspecified atom stereocenters. The van der Waals surface area contributed by atoms with Crippen molar-refractivity contribution in [3.63, 3.8) is 0 Å². The van der Waals surface area contributed by atoms with E-state index in [1.807, 2.05) is 0 Å². The van der Waals surface area contributed by atoms with Crippen LogP contribution in [-0.4, -0.2) is 61.3 Å². The number of nitrogens with zero attached hydrogens (tertiary/aromatic N) is 1. The highest BCUT2D eigenvalue weighted by atomic mass is 16.5. The van der Waals surface area contributed by atoms with Gasteiger partial charge >= 0.3 is 0 Å². The summed E-state index contributed by atoms with van der Waals surface area (Å²) in [4.78, 5) is 0. The smallest absolute Gasteiger partial charge is 0.111 e. The molecule has 4 nitrogen and oxygen atoms in total. The van der Waals surface area contributed by atoms with E-state index in [0.717, 1.165) is 37.0 Å². The number of fused-ring (bicyclic) bond motifs is 2. The van der Waals surface area contributed by atoms with E-state index in [2.05, 4.69) is 25.5 Å². The van der Waals surface area contributed by atoms with Crippen molar-refractivity contribution in [1.29, 1.82) is 0 Å². The molecule has 0 aromatic heterocycles. The van der Waals surface area contributed by atoms with Crippen LogP contribution in [0.15, 0.2) is 11.6 Å². The molecule has 0 radical (unpaired) electrons. The van der Waals surface area contributed by atoms with Crippen LogP contribution in [-0.2, 0) is 4.74 Å². The lowest BCUT2D eigenvalue weighted by Crippen LogP contribution is -2.54. The van der Waals surface area contributed by atoms with E-state index in [9.17, 15) is 5.11 Å². The standard InChI is InChI=1S/C26H45N2O2/c1-28(2,22-11-14-30-15-12-22)18-19-10-13-26(17-21(26)16-19)27-25(29)24-9-5-7-20-6-3-4-8-23(20)24/h8,19-22,24-25,27,29H,3-7,9-18H2,1-2H3/q+1. The maximum atomic E-state index is 11.2. The number of hydrogen-bond acceptors (Lipinski definition) is 3. The van der Waals surface area contributed by atoms with Gasteiger partial charge in [0.1, 0.15) is 6.23 Å². The average Bonchev–Trinajstić information content (AvgIpc) is 3.46. The quantitative estimate of drug-likeness (QED) is 0.386. The summed E-state index contributed by atoms with van der Waals surface area (Å²) in [7, 11) is 4.90. The molecule has 1 heterocycles. The molecule has 3 saturated carbocycles. The number of aliphatic hydroxyl groups excluding tert-OH is 1. The molecule has 1 saturated heterocycles. The summed E-state index contributed by atoms with van der Waals surface area (Å²) >= 11 is 0. The van der Waals surface area contributed by atoms with E-state index in [4.69, 9.17) is 4.74 Å². The highest BCUT2D eigenvalue weighted by Gasteiger charge is 2.58. The van der Waals surface area contributed by atoms with Crippen LogP contribution in [0.25, 0.3) is 0 Å². The zero-order chi connectivity index (χ0) is 20.8. The Labute approximate surface area is 184 Å². The molecule has 4 heteroatoms. The fourth-order valence-electron chi connectivity index (χ4n) is 7.81. The van der Waals surface area contributed by atoms with E-state index in [-0.39, 0.29) is 11.8 Å². The summed E-state index contributed by atoms with van der Waals surface area (Å²) in [5.74, 6) is 2.78. The van der Waals surface area contributed by atoms with E-state index >= 15 is 0 Å². The van der Waals surface area contributed by atoms with E-state index in [1.165, 1.54) is 88.1 Å². The first-order valence-electron chi connectivity index (χ1n) is 13.0. The maximum absolute atomic E-state index is 11.2. The van der Waals surface area contributed by atoms with Crippen LogP contribution in [0.2, 0.25) is 0 Å². The third-order valence-corrected chi connectivity index (χ3v) is 9.68. The summed E-state index contributed by atoms with van der Waals surface area (Å²) in [5, 5.41) is 15.0. The van der Waals surface area contributed by atoms with Crippen molar-refractivity contribution >= 4 is 0 Å². The molecule has 0 bridgehead atoms. The Morgan fingerprint density at radius 3 is 2.73 bits per heavy atom. The van der Waals surface area contributed by atoms with Crippen molar-refractivity contribution in [2.75, 3.05) is 33.9 Å². The lowest BCUT2D eigenvalue weighted by Gasteiger charge is -2.44. The minimum Gasteiger partial charge on any atom is -0.381 e. The van der Waals surface area contributed by atoms with Gasteiger partial charge in [0.05, 0.1) is 39.9 Å². The number of nitrogens with one attached hydrogen (secondary N) is 1. The Morgan fingerprint density at radius 1 is 1.13 bits per heavy atom. The molecular formula is C26H45N2O2+. The number of hydrogen-bond donors (Lipinski definition) is 2. The molecule has 4 fully saturated rings. The number of rotatable bonds is 6. The summed E-state index contributed by atoms with van der Waals surface area (Å²) in [6.45, 7) is 3.21. The monoisotopic (exact) mass is 417 g/mol. The molecule has 170 valence electrons. The van der Waals surface area contributed by atoms with E-state index < -0.39 is 0 Å². The van der Waals surface area contributed by atoms with Crippen LogP contribution < -0.4 is 5.32 Å². The highest BCUT2D eigenvalue weighted by molar-refractivity contribution is 5.19. The molecule has 5 aliphatic rings. The van der Waals surface area contributed by atoms with Crippen LogP contribution in [0, 0.1) is 23.7 Å². The van der Waals surface area contributed by atoms with Gasteiger partial charge in [-0.15, -0.1) is 0 Å². The maximum Gasteiger partial charge on any atom is 0.111 e. The Hall–Kier alpha value is -0.420. The van der Waals surface area contributed by atoms with Crippen molar-refractivity contribution in [2.45, 2.75) is 94.9 Å². The fraction of sp³-hybridized carbons (Fsp3) is 0.923. The molecule has 0 aromatic rings. The van der Waals surface area contributed by atoms with E-state index in [1.54, 1.807) is 5.57 Å². The molecule has 6 atom stereocenters. The fourth-order valence-corrected chi connectivity index (χ4v) is 7.81. The molecular weight excluding hydrogens is 372 g/mol. The second-order valence-corrected chi connectivity index (χ2v) is 12.0. The van der Waals surface area contributed by atoms with Crippen LogP contribution in [0.1, 0.15) is 77.0 Å². The van der Waals surface area contributed by atoms with Crippen molar-refractivity contribution in [2.24, 2.45) is 23.7 Å². The summed E-state index contributed by atoms with van der Waals surface area (Å²) in [5.41, 5.74) is 1.86. The van der Waals surface area contributed by atoms with Gasteiger partial charge in [-0.2, -0.15) is 0 Å². The van der Waals surface area contributed by atoms with Gasteiger partial charge in [0.25, 0.3) is 0 Å². The van der Waals surface area contributed by atoms with Gasteiger partial charge in [0.2, 0.25) is 0 Å². The van der Waals surface area contributed by atoms with Crippen molar-refractivity contribution in [1.82, 2.24) is 5.32 Å². The predicted octanol–water partition coefficient (Wildman–Crippen LogP) is 4.24. The minimum absolute atomic E-state index is 0.258. The van der Waals surface area contributed by atoms with E-state index in [0.29, 0.717) is 5.92 Å². The Bertz CT molecular complexity index is 641. The molecule has 30 heavy (non-hydrogen) atoms. The lowest BCUT2D eigenvalue weighted by molar-refractivity contribution is -0.920. The average molecular weight is 418 g/mol. The minimum atomic E-state index is -0.326. The SMILES string of the molecule is C[N+](C)(CC1CCC2(NC(O)C3CCCC4CCCC=C43)CC2C1)C1CCOCC1. The highest BCUT2D eigenvalue weighted by Crippen LogP contribution is 2.56. The first-order chi connectivity index (χ1) is 14.5. The number of quaternary nitrogens is 1. The summed E-state index contributed by atoms with van der Waals surface area (Å²) in [6.07, 6.45) is 17.6. The largest absolute Gasteiger partial charge is 0.381 e. The van der Waals surface area contributed by atoms with Crippen molar-refractivity contribution in [3.05, 3.63) is 11.6 Å². The Kier molecular flexibility index (Phi) is 6.07. The number of allylic oxidation sites excluding steroid dienone is 1. The zero-order valence-corrected chi connectivity index (χ0v) is 19.5. The molecule has 0 aromatic carbocycles. The topological polar surface area (TPSA) is 41.5 Å². The van der Waals surface area contributed by atoms with Crippen molar-refractivity contribution < 1.29 is 14.3 Å². The molecule has 1 aliphatic heterocycles. The van der Waals surface area contributed by atoms with Gasteiger partial charge in [-0.3, -0.25) is 5.32 Å². The van der Waals surface area contributed by atoms with Gasteiger partial charge in [0, 0.05) is 30.2 Å². The van der Waals surface area contributed by atoms with Gasteiger partial charge in [-0.05, 0) is 69.6 Å². The first-order valence-corrected chi connectivity index (χ1v) is 13.0. The molecule has 0 amide bonds. The van der Waals surface area contributed by atoms with Gasteiger partial charge in [0.15, 0.2) is 0 Å². The second-order valence-electron chi connectivity index (χ2n) is 12.0. The summed E-state index contributed by atoms with van der Waals surface area (Å²) < 4.78 is 6.76. The van der Waals surface area contributed by atoms with Gasteiger partial charge in [-0.25, -0.2) is 0 Å². The summed E-state index contributed by atoms with van der Waals surface area (Å²) in [6, 6.07) is 0.771. The second kappa shape index (κ2) is 8.50. The molecule has 2 N–H and O–H groups in total. The molecule has 5 rings (SSSR count).